The molecule has 1 aromatic carbocycles. The number of halogens is 1. The van der Waals surface area contributed by atoms with Crippen LogP contribution in [0.2, 0.25) is 0 Å². The normalized spacial score (nSPS) is 12.2. The number of carbonyl (C=O) groups is 4. The van der Waals surface area contributed by atoms with Gasteiger partial charge in [0.2, 0.25) is 11.8 Å². The summed E-state index contributed by atoms with van der Waals surface area (Å²) in [5.41, 5.74) is 6.49. The van der Waals surface area contributed by atoms with Crippen molar-refractivity contribution in [1.82, 2.24) is 10.6 Å². The first-order valence-electron chi connectivity index (χ1n) is 9.06. The number of hydrogen-bond acceptors (Lipinski definition) is 6. The Balaban J connectivity index is 0.00000784. The summed E-state index contributed by atoms with van der Waals surface area (Å²) in [6.07, 6.45) is 0. The van der Waals surface area contributed by atoms with Crippen molar-refractivity contribution in [1.29, 1.82) is 0 Å². The van der Waals surface area contributed by atoms with E-state index in [4.69, 9.17) is 10.5 Å². The maximum absolute atomic E-state index is 12.1. The summed E-state index contributed by atoms with van der Waals surface area (Å²) in [6.45, 7) is 6.87. The Labute approximate surface area is 176 Å². The predicted octanol–water partition coefficient (Wildman–Crippen LogP) is 0.828. The molecule has 2 atom stereocenters. The third-order valence-corrected chi connectivity index (χ3v) is 3.86. The standard InChI is InChI=1S/C19H28N4O5.ClH/c1-5-28-19(27)12(4)22-17(25)13-6-8-14(9-7-13)23-15(24)10-21-18(26)16(20)11(2)3;/h6-9,11-12,16H,5,10,20H2,1-4H3,(H,21,26)(H,22,25)(H,23,24);1H/t12?,16-;/m0./s1. The highest BCUT2D eigenvalue weighted by Crippen LogP contribution is 2.10. The van der Waals surface area contributed by atoms with Crippen LogP contribution in [-0.4, -0.2) is 48.9 Å². The second kappa shape index (κ2) is 12.7. The summed E-state index contributed by atoms with van der Waals surface area (Å²) in [6, 6.07) is 4.66. The van der Waals surface area contributed by atoms with Crippen LogP contribution in [0.4, 0.5) is 5.69 Å². The predicted molar refractivity (Wildman–Crippen MR) is 112 cm³/mol. The minimum atomic E-state index is -0.771. The zero-order chi connectivity index (χ0) is 21.3. The topological polar surface area (TPSA) is 140 Å². The van der Waals surface area contributed by atoms with Crippen molar-refractivity contribution in [3.63, 3.8) is 0 Å². The van der Waals surface area contributed by atoms with E-state index in [0.29, 0.717) is 11.3 Å². The van der Waals surface area contributed by atoms with Crippen molar-refractivity contribution in [3.8, 4) is 0 Å². The molecule has 5 N–H and O–H groups in total. The van der Waals surface area contributed by atoms with E-state index in [1.807, 2.05) is 13.8 Å². The lowest BCUT2D eigenvalue weighted by molar-refractivity contribution is -0.144. The van der Waals surface area contributed by atoms with Crippen LogP contribution < -0.4 is 21.7 Å². The summed E-state index contributed by atoms with van der Waals surface area (Å²) in [5.74, 6) is -1.80. The minimum Gasteiger partial charge on any atom is -0.464 e. The fraction of sp³-hybridized carbons (Fsp3) is 0.474. The number of carbonyl (C=O) groups excluding carboxylic acids is 4. The van der Waals surface area contributed by atoms with E-state index in [9.17, 15) is 19.2 Å². The first-order valence-corrected chi connectivity index (χ1v) is 9.06. The molecule has 0 saturated heterocycles. The largest absolute Gasteiger partial charge is 0.464 e. The molecule has 162 valence electrons. The van der Waals surface area contributed by atoms with Gasteiger partial charge in [-0.1, -0.05) is 13.8 Å². The molecule has 10 heteroatoms. The van der Waals surface area contributed by atoms with Gasteiger partial charge in [-0.05, 0) is 44.0 Å². The smallest absolute Gasteiger partial charge is 0.328 e. The van der Waals surface area contributed by atoms with E-state index in [0.717, 1.165) is 0 Å². The van der Waals surface area contributed by atoms with Crippen molar-refractivity contribution < 1.29 is 23.9 Å². The van der Waals surface area contributed by atoms with Gasteiger partial charge in [0.15, 0.2) is 0 Å². The van der Waals surface area contributed by atoms with Crippen molar-refractivity contribution in [2.45, 2.75) is 39.8 Å². The Hall–Kier alpha value is -2.65. The summed E-state index contributed by atoms with van der Waals surface area (Å²) < 4.78 is 4.83. The highest BCUT2D eigenvalue weighted by atomic mass is 35.5. The van der Waals surface area contributed by atoms with Gasteiger partial charge < -0.3 is 26.4 Å². The lowest BCUT2D eigenvalue weighted by Crippen LogP contribution is -2.46. The second-order valence-corrected chi connectivity index (χ2v) is 6.56. The summed E-state index contributed by atoms with van der Waals surface area (Å²) >= 11 is 0. The summed E-state index contributed by atoms with van der Waals surface area (Å²) in [5, 5.41) is 7.61. The molecule has 0 aliphatic rings. The van der Waals surface area contributed by atoms with E-state index in [2.05, 4.69) is 16.0 Å². The molecule has 0 heterocycles. The van der Waals surface area contributed by atoms with Gasteiger partial charge in [0.25, 0.3) is 5.91 Å². The lowest BCUT2D eigenvalue weighted by atomic mass is 10.1. The third kappa shape index (κ3) is 8.93. The number of hydrogen-bond donors (Lipinski definition) is 4. The van der Waals surface area contributed by atoms with E-state index in [-0.39, 0.29) is 31.5 Å². The third-order valence-electron chi connectivity index (χ3n) is 3.86. The molecule has 3 amide bonds. The lowest BCUT2D eigenvalue weighted by Gasteiger charge is -2.15. The van der Waals surface area contributed by atoms with Crippen LogP contribution in [0.25, 0.3) is 0 Å². The zero-order valence-electron chi connectivity index (χ0n) is 17.0. The van der Waals surface area contributed by atoms with E-state index in [1.54, 1.807) is 19.1 Å². The van der Waals surface area contributed by atoms with Crippen molar-refractivity contribution in [3.05, 3.63) is 29.8 Å². The molecule has 1 rings (SSSR count). The molecule has 0 fully saturated rings. The molecule has 9 nitrogen and oxygen atoms in total. The SMILES string of the molecule is CCOC(=O)C(C)NC(=O)c1ccc(NC(=O)CNC(=O)[C@@H](N)C(C)C)cc1.Cl. The zero-order valence-corrected chi connectivity index (χ0v) is 17.8. The van der Waals surface area contributed by atoms with Crippen molar-refractivity contribution >= 4 is 41.8 Å². The molecular formula is C19H29ClN4O5. The fourth-order valence-electron chi connectivity index (χ4n) is 2.10. The van der Waals surface area contributed by atoms with Crippen molar-refractivity contribution in [2.75, 3.05) is 18.5 Å². The van der Waals surface area contributed by atoms with Crippen LogP contribution in [-0.2, 0) is 19.1 Å². The molecule has 0 aromatic heterocycles. The van der Waals surface area contributed by atoms with E-state index in [1.165, 1.54) is 19.1 Å². The molecule has 0 spiro atoms. The van der Waals surface area contributed by atoms with Crippen LogP contribution in [0, 0.1) is 5.92 Å². The highest BCUT2D eigenvalue weighted by Gasteiger charge is 2.18. The summed E-state index contributed by atoms with van der Waals surface area (Å²) in [4.78, 5) is 47.3. The van der Waals surface area contributed by atoms with Crippen LogP contribution in [0.3, 0.4) is 0 Å². The fourth-order valence-corrected chi connectivity index (χ4v) is 2.10. The summed E-state index contributed by atoms with van der Waals surface area (Å²) in [7, 11) is 0. The number of rotatable bonds is 9. The van der Waals surface area contributed by atoms with Gasteiger partial charge in [-0.3, -0.25) is 14.4 Å². The molecule has 0 bridgehead atoms. The van der Waals surface area contributed by atoms with Gasteiger partial charge in [0.05, 0.1) is 19.2 Å². The van der Waals surface area contributed by atoms with Crippen LogP contribution in [0.15, 0.2) is 24.3 Å². The number of esters is 1. The Morgan fingerprint density at radius 2 is 1.66 bits per heavy atom. The monoisotopic (exact) mass is 428 g/mol. The Morgan fingerprint density at radius 1 is 1.07 bits per heavy atom. The number of nitrogens with two attached hydrogens (primary N) is 1. The van der Waals surface area contributed by atoms with Crippen LogP contribution in [0.5, 0.6) is 0 Å². The van der Waals surface area contributed by atoms with Crippen LogP contribution >= 0.6 is 12.4 Å². The Kier molecular flexibility index (Phi) is 11.6. The maximum Gasteiger partial charge on any atom is 0.328 e. The number of benzene rings is 1. The van der Waals surface area contributed by atoms with Gasteiger partial charge in [-0.15, -0.1) is 12.4 Å². The van der Waals surface area contributed by atoms with Gasteiger partial charge in [0, 0.05) is 11.3 Å². The Bertz CT molecular complexity index is 709. The molecule has 0 saturated carbocycles. The average molecular weight is 429 g/mol. The number of anilines is 1. The van der Waals surface area contributed by atoms with E-state index < -0.39 is 35.8 Å². The van der Waals surface area contributed by atoms with Gasteiger partial charge in [0.1, 0.15) is 6.04 Å². The minimum absolute atomic E-state index is 0. The number of nitrogens with one attached hydrogen (secondary N) is 3. The highest BCUT2D eigenvalue weighted by molar-refractivity contribution is 5.98. The first-order chi connectivity index (χ1) is 13.1. The molecule has 0 aliphatic carbocycles. The molecular weight excluding hydrogens is 400 g/mol. The quantitative estimate of drug-likeness (QED) is 0.429. The number of amides is 3. The molecule has 0 radical (unpaired) electrons. The van der Waals surface area contributed by atoms with Crippen molar-refractivity contribution in [2.24, 2.45) is 11.7 Å². The number of ether oxygens (including phenoxy) is 1. The molecule has 29 heavy (non-hydrogen) atoms. The maximum atomic E-state index is 12.1. The second-order valence-electron chi connectivity index (χ2n) is 6.56. The van der Waals surface area contributed by atoms with E-state index >= 15 is 0 Å². The Morgan fingerprint density at radius 3 is 2.17 bits per heavy atom. The first kappa shape index (κ1) is 26.4. The van der Waals surface area contributed by atoms with Crippen LogP contribution in [0.1, 0.15) is 38.1 Å². The molecule has 0 aliphatic heterocycles. The molecule has 1 aromatic rings. The molecule has 1 unspecified atom stereocenters. The van der Waals surface area contributed by atoms with Gasteiger partial charge >= 0.3 is 5.97 Å². The van der Waals surface area contributed by atoms with Gasteiger partial charge in [-0.2, -0.15) is 0 Å². The average Bonchev–Trinajstić information content (AvgIpc) is 2.65. The van der Waals surface area contributed by atoms with Gasteiger partial charge in [-0.25, -0.2) is 4.79 Å².